The van der Waals surface area contributed by atoms with Crippen LogP contribution in [0.4, 0.5) is 11.4 Å². The minimum Gasteiger partial charge on any atom is -0.372 e. The fourth-order valence-corrected chi connectivity index (χ4v) is 3.42. The van der Waals surface area contributed by atoms with Gasteiger partial charge in [-0.15, -0.1) is 0 Å². The maximum absolute atomic E-state index is 12.5. The molecule has 7 heteroatoms. The third kappa shape index (κ3) is 3.64. The van der Waals surface area contributed by atoms with E-state index in [-0.39, 0.29) is 18.1 Å². The molecule has 0 unspecified atom stereocenters. The zero-order chi connectivity index (χ0) is 19.0. The molecule has 7 nitrogen and oxygen atoms in total. The van der Waals surface area contributed by atoms with Crippen molar-refractivity contribution in [2.75, 3.05) is 23.3 Å². The van der Waals surface area contributed by atoms with Gasteiger partial charge in [-0.05, 0) is 51.1 Å². The zero-order valence-electron chi connectivity index (χ0n) is 15.6. The molecular weight excluding hydrogens is 344 g/mol. The van der Waals surface area contributed by atoms with Gasteiger partial charge in [-0.2, -0.15) is 0 Å². The Morgan fingerprint density at radius 1 is 1.19 bits per heavy atom. The van der Waals surface area contributed by atoms with E-state index in [1.54, 1.807) is 6.07 Å². The molecule has 4 rings (SSSR count). The number of nitrogens with one attached hydrogen (secondary N) is 1. The van der Waals surface area contributed by atoms with Crippen LogP contribution >= 0.6 is 0 Å². The summed E-state index contributed by atoms with van der Waals surface area (Å²) in [6.45, 7) is 7.71. The van der Waals surface area contributed by atoms with Crippen molar-refractivity contribution in [3.05, 3.63) is 47.8 Å². The van der Waals surface area contributed by atoms with E-state index >= 15 is 0 Å². The maximum atomic E-state index is 12.5. The smallest absolute Gasteiger partial charge is 0.257 e. The summed E-state index contributed by atoms with van der Waals surface area (Å²) < 4.78 is 10.9. The van der Waals surface area contributed by atoms with E-state index < -0.39 is 0 Å². The molecule has 1 aliphatic rings. The minimum atomic E-state index is -0.216. The van der Waals surface area contributed by atoms with Crippen molar-refractivity contribution in [1.82, 2.24) is 10.1 Å². The van der Waals surface area contributed by atoms with E-state index in [4.69, 9.17) is 9.26 Å². The molecule has 3 heterocycles. The second-order valence-electron chi connectivity index (χ2n) is 7.01. The molecule has 3 aromatic rings. The predicted octanol–water partition coefficient (Wildman–Crippen LogP) is 3.40. The number of anilines is 2. The van der Waals surface area contributed by atoms with Gasteiger partial charge in [0.25, 0.3) is 11.6 Å². The van der Waals surface area contributed by atoms with Crippen LogP contribution in [0.15, 0.2) is 41.1 Å². The summed E-state index contributed by atoms with van der Waals surface area (Å²) in [5, 5.41) is 7.52. The second-order valence-corrected chi connectivity index (χ2v) is 7.01. The molecule has 0 aliphatic carbocycles. The normalized spacial score (nSPS) is 20.0. The first kappa shape index (κ1) is 17.5. The summed E-state index contributed by atoms with van der Waals surface area (Å²) in [5.41, 5.74) is 3.47. The number of amides is 1. The molecule has 0 saturated carbocycles. The number of benzene rings is 1. The van der Waals surface area contributed by atoms with Crippen molar-refractivity contribution in [1.29, 1.82) is 0 Å². The van der Waals surface area contributed by atoms with Crippen LogP contribution in [0, 0.1) is 6.92 Å². The Kier molecular flexibility index (Phi) is 4.53. The highest BCUT2D eigenvalue weighted by Crippen LogP contribution is 2.23. The van der Waals surface area contributed by atoms with Crippen LogP contribution in [0.2, 0.25) is 0 Å². The summed E-state index contributed by atoms with van der Waals surface area (Å²) in [5.74, 6) is -0.216. The van der Waals surface area contributed by atoms with Gasteiger partial charge in [-0.3, -0.25) is 4.79 Å². The van der Waals surface area contributed by atoms with Crippen LogP contribution < -0.4 is 10.2 Å². The fourth-order valence-electron chi connectivity index (χ4n) is 3.42. The number of carbonyl (C=O) groups is 1. The summed E-state index contributed by atoms with van der Waals surface area (Å²) in [6.07, 6.45) is 1.90. The second kappa shape index (κ2) is 7.00. The predicted molar refractivity (Wildman–Crippen MR) is 103 cm³/mol. The van der Waals surface area contributed by atoms with Crippen LogP contribution in [-0.2, 0) is 4.74 Å². The Balaban J connectivity index is 1.47. The molecular formula is C20H22N4O3. The summed E-state index contributed by atoms with van der Waals surface area (Å²) in [7, 11) is 0. The number of nitrogens with zero attached hydrogens (tertiary/aromatic N) is 3. The molecule has 2 aromatic heterocycles. The van der Waals surface area contributed by atoms with Gasteiger partial charge < -0.3 is 19.5 Å². The molecule has 0 radical (unpaired) electrons. The molecule has 1 amide bonds. The molecule has 27 heavy (non-hydrogen) atoms. The number of hydrogen-bond donors (Lipinski definition) is 1. The lowest BCUT2D eigenvalue weighted by Crippen LogP contribution is -2.45. The third-order valence-electron chi connectivity index (χ3n) is 4.68. The van der Waals surface area contributed by atoms with Gasteiger partial charge in [0.05, 0.1) is 28.9 Å². The number of ether oxygens (including phenoxy) is 1. The largest absolute Gasteiger partial charge is 0.372 e. The topological polar surface area (TPSA) is 80.5 Å². The van der Waals surface area contributed by atoms with Crippen molar-refractivity contribution in [2.24, 2.45) is 0 Å². The van der Waals surface area contributed by atoms with Crippen LogP contribution in [0.5, 0.6) is 0 Å². The number of aromatic nitrogens is 2. The fraction of sp³-hybridized carbons (Fsp3) is 0.350. The van der Waals surface area contributed by atoms with Crippen LogP contribution in [-0.4, -0.2) is 41.3 Å². The number of aryl methyl sites for hydroxylation is 1. The first-order chi connectivity index (χ1) is 13.0. The van der Waals surface area contributed by atoms with Gasteiger partial charge in [0.2, 0.25) is 0 Å². The summed E-state index contributed by atoms with van der Waals surface area (Å²) >= 11 is 0. The SMILES string of the molecule is Cc1noc2ncc(C(=O)Nc3ccc(N4C[C@@H](C)O[C@H](C)C4)cc3)cc12. The summed E-state index contributed by atoms with van der Waals surface area (Å²) in [6, 6.07) is 9.61. The van der Waals surface area contributed by atoms with E-state index in [9.17, 15) is 4.79 Å². The third-order valence-corrected chi connectivity index (χ3v) is 4.68. The van der Waals surface area contributed by atoms with Gasteiger partial charge in [0.1, 0.15) is 0 Å². The van der Waals surface area contributed by atoms with E-state index in [0.717, 1.165) is 29.9 Å². The standard InChI is InChI=1S/C20H22N4O3/c1-12-10-24(11-13(2)26-12)17-6-4-16(5-7-17)22-19(25)15-8-18-14(3)23-27-20(18)21-9-15/h4-9,12-13H,10-11H2,1-3H3,(H,22,25)/t12-,13-/m1/s1. The Morgan fingerprint density at radius 3 is 2.59 bits per heavy atom. The highest BCUT2D eigenvalue weighted by atomic mass is 16.5. The lowest BCUT2D eigenvalue weighted by molar-refractivity contribution is -0.00521. The van der Waals surface area contributed by atoms with Gasteiger partial charge in [0.15, 0.2) is 0 Å². The molecule has 0 bridgehead atoms. The average molecular weight is 366 g/mol. The zero-order valence-corrected chi connectivity index (χ0v) is 15.6. The van der Waals surface area contributed by atoms with Crippen molar-refractivity contribution in [3.8, 4) is 0 Å². The van der Waals surface area contributed by atoms with Crippen molar-refractivity contribution in [3.63, 3.8) is 0 Å². The molecule has 2 atom stereocenters. The van der Waals surface area contributed by atoms with Crippen LogP contribution in [0.3, 0.4) is 0 Å². The average Bonchev–Trinajstić information content (AvgIpc) is 3.02. The molecule has 140 valence electrons. The molecule has 1 saturated heterocycles. The lowest BCUT2D eigenvalue weighted by atomic mass is 10.1. The van der Waals surface area contributed by atoms with Crippen molar-refractivity contribution >= 4 is 28.4 Å². The van der Waals surface area contributed by atoms with E-state index in [1.807, 2.05) is 31.2 Å². The number of morpholine rings is 1. The molecule has 1 fully saturated rings. The van der Waals surface area contributed by atoms with E-state index in [0.29, 0.717) is 17.0 Å². The highest BCUT2D eigenvalue weighted by Gasteiger charge is 2.22. The monoisotopic (exact) mass is 366 g/mol. The molecule has 1 N–H and O–H groups in total. The van der Waals surface area contributed by atoms with Crippen LogP contribution in [0.1, 0.15) is 29.9 Å². The van der Waals surface area contributed by atoms with Gasteiger partial charge in [-0.25, -0.2) is 4.98 Å². The number of hydrogen-bond acceptors (Lipinski definition) is 6. The number of rotatable bonds is 3. The lowest BCUT2D eigenvalue weighted by Gasteiger charge is -2.36. The van der Waals surface area contributed by atoms with Crippen LogP contribution in [0.25, 0.3) is 11.1 Å². The Morgan fingerprint density at radius 2 is 1.89 bits per heavy atom. The molecule has 1 aromatic carbocycles. The van der Waals surface area contributed by atoms with E-state index in [1.165, 1.54) is 6.20 Å². The highest BCUT2D eigenvalue weighted by molar-refractivity contribution is 6.05. The van der Waals surface area contributed by atoms with Gasteiger partial charge in [0, 0.05) is 30.7 Å². The number of pyridine rings is 1. The van der Waals surface area contributed by atoms with Gasteiger partial charge in [-0.1, -0.05) is 5.16 Å². The quantitative estimate of drug-likeness (QED) is 0.765. The molecule has 0 spiro atoms. The molecule has 1 aliphatic heterocycles. The number of carbonyl (C=O) groups excluding carboxylic acids is 1. The van der Waals surface area contributed by atoms with E-state index in [2.05, 4.69) is 34.2 Å². The maximum Gasteiger partial charge on any atom is 0.257 e. The minimum absolute atomic E-state index is 0.205. The summed E-state index contributed by atoms with van der Waals surface area (Å²) in [4.78, 5) is 19.0. The Bertz CT molecular complexity index is 957. The van der Waals surface area contributed by atoms with Crippen molar-refractivity contribution in [2.45, 2.75) is 33.0 Å². The first-order valence-corrected chi connectivity index (χ1v) is 9.03. The Hall–Kier alpha value is -2.93. The first-order valence-electron chi connectivity index (χ1n) is 9.03. The van der Waals surface area contributed by atoms with Crippen molar-refractivity contribution < 1.29 is 14.1 Å². The Labute approximate surface area is 157 Å². The van der Waals surface area contributed by atoms with Gasteiger partial charge >= 0.3 is 0 Å². The number of fused-ring (bicyclic) bond motifs is 1.